The van der Waals surface area contributed by atoms with Gasteiger partial charge in [0.05, 0.1) is 6.54 Å². The van der Waals surface area contributed by atoms with E-state index in [-0.39, 0.29) is 17.4 Å². The van der Waals surface area contributed by atoms with Crippen LogP contribution in [0.15, 0.2) is 47.6 Å². The molecule has 5 nitrogen and oxygen atoms in total. The van der Waals surface area contributed by atoms with E-state index < -0.39 is 16.5 Å². The number of carbonyl (C=O) groups excluding carboxylic acids is 1. The van der Waals surface area contributed by atoms with Crippen molar-refractivity contribution in [1.29, 1.82) is 0 Å². The summed E-state index contributed by atoms with van der Waals surface area (Å²) in [5.41, 5.74) is 5.87. The van der Waals surface area contributed by atoms with Crippen LogP contribution in [0.2, 0.25) is 0 Å². The van der Waals surface area contributed by atoms with Crippen molar-refractivity contribution in [3.63, 3.8) is 0 Å². The highest BCUT2D eigenvalue weighted by atomic mass is 32.2. The molecule has 0 radical (unpaired) electrons. The van der Waals surface area contributed by atoms with Crippen molar-refractivity contribution in [3.05, 3.63) is 65.2 Å². The Morgan fingerprint density at radius 2 is 2.14 bits per heavy atom. The van der Waals surface area contributed by atoms with Gasteiger partial charge in [0.25, 0.3) is 0 Å². The molecule has 2 aromatic rings. The van der Waals surface area contributed by atoms with Gasteiger partial charge in [0.15, 0.2) is 0 Å². The van der Waals surface area contributed by atoms with E-state index in [0.29, 0.717) is 18.1 Å². The molecule has 1 amide bonds. The van der Waals surface area contributed by atoms with Crippen LogP contribution in [0, 0.1) is 17.6 Å². The van der Waals surface area contributed by atoms with Crippen LogP contribution in [0.5, 0.6) is 0 Å². The Labute approximate surface area is 166 Å². The number of hydrogen-bond acceptors (Lipinski definition) is 4. The number of fused-ring (bicyclic) bond motifs is 2. The summed E-state index contributed by atoms with van der Waals surface area (Å²) in [6, 6.07) is 11.0. The third kappa shape index (κ3) is 2.87. The molecule has 2 aliphatic heterocycles. The Morgan fingerprint density at radius 3 is 2.89 bits per heavy atom. The summed E-state index contributed by atoms with van der Waals surface area (Å²) < 4.78 is 28.3. The van der Waals surface area contributed by atoms with Crippen molar-refractivity contribution < 1.29 is 19.3 Å². The molecule has 0 aromatic heterocycles. The van der Waals surface area contributed by atoms with Crippen LogP contribution in [0.25, 0.3) is 0 Å². The first-order valence-corrected chi connectivity index (χ1v) is 9.95. The summed E-state index contributed by atoms with van der Waals surface area (Å²) in [5.74, 6) is -1.35. The van der Waals surface area contributed by atoms with Gasteiger partial charge in [0.1, 0.15) is 21.5 Å². The van der Waals surface area contributed by atoms with Gasteiger partial charge in [0, 0.05) is 42.6 Å². The number of thioether (sulfide) groups is 1. The maximum atomic E-state index is 14.5. The molecule has 0 bridgehead atoms. The summed E-state index contributed by atoms with van der Waals surface area (Å²) in [6.45, 7) is 2.77. The van der Waals surface area contributed by atoms with E-state index in [2.05, 4.69) is 16.2 Å². The molecular formula is C20H21F2N4OS+. The van der Waals surface area contributed by atoms with Crippen molar-refractivity contribution in [2.75, 3.05) is 18.4 Å². The van der Waals surface area contributed by atoms with Crippen LogP contribution in [-0.4, -0.2) is 29.0 Å². The number of quaternary nitrogens is 1. The highest BCUT2D eigenvalue weighted by Crippen LogP contribution is 2.56. The zero-order chi connectivity index (χ0) is 19.9. The minimum absolute atomic E-state index is 0.00618. The average molecular weight is 403 g/mol. The Kier molecular flexibility index (Phi) is 4.84. The van der Waals surface area contributed by atoms with Gasteiger partial charge in [-0.15, -0.1) is 0 Å². The van der Waals surface area contributed by atoms with E-state index in [1.807, 2.05) is 24.3 Å². The molecule has 2 unspecified atom stereocenters. The van der Waals surface area contributed by atoms with Crippen molar-refractivity contribution in [2.24, 2.45) is 11.0 Å². The van der Waals surface area contributed by atoms with Crippen LogP contribution >= 0.6 is 11.8 Å². The largest absolute Gasteiger partial charge is 0.384 e. The molecule has 2 aromatic carbocycles. The van der Waals surface area contributed by atoms with Crippen molar-refractivity contribution in [3.8, 4) is 0 Å². The Hall–Kier alpha value is -2.45. The molecular weight excluding hydrogens is 382 g/mol. The third-order valence-electron chi connectivity index (χ3n) is 5.17. The van der Waals surface area contributed by atoms with Gasteiger partial charge < -0.3 is 11.1 Å². The highest BCUT2D eigenvalue weighted by molar-refractivity contribution is 8.15. The van der Waals surface area contributed by atoms with Gasteiger partial charge in [-0.25, -0.2) is 13.8 Å². The highest BCUT2D eigenvalue weighted by Gasteiger charge is 2.55. The second-order valence-corrected chi connectivity index (χ2v) is 8.14. The molecule has 0 fully saturated rings. The number of hydrogen-bond donors (Lipinski definition) is 2. The first kappa shape index (κ1) is 18.9. The van der Waals surface area contributed by atoms with E-state index in [1.54, 1.807) is 0 Å². The number of nitrogens with one attached hydrogen (secondary N) is 1. The van der Waals surface area contributed by atoms with Gasteiger partial charge in [-0.2, -0.15) is 5.10 Å². The van der Waals surface area contributed by atoms with Gasteiger partial charge >= 0.3 is 0 Å². The number of halogens is 2. The van der Waals surface area contributed by atoms with Gasteiger partial charge in [-0.05, 0) is 24.3 Å². The lowest BCUT2D eigenvalue weighted by Gasteiger charge is -2.45. The lowest BCUT2D eigenvalue weighted by atomic mass is 9.84. The fraction of sp³-hybridized carbons (Fsp3) is 0.300. The summed E-state index contributed by atoms with van der Waals surface area (Å²) in [7, 11) is 0. The zero-order valence-corrected chi connectivity index (χ0v) is 16.2. The SMILES string of the molecule is CC(=O)N1N=C(c2cc(F)ccc2F)SC12c1ccccc1NCC2CC[NH3+]. The second-order valence-electron chi connectivity index (χ2n) is 6.92. The van der Waals surface area contributed by atoms with Crippen LogP contribution in [-0.2, 0) is 9.67 Å². The fourth-order valence-corrected chi connectivity index (χ4v) is 5.56. The smallest absolute Gasteiger partial charge is 0.241 e. The molecule has 4 rings (SSSR count). The first-order chi connectivity index (χ1) is 13.5. The van der Waals surface area contributed by atoms with E-state index in [0.717, 1.165) is 35.9 Å². The minimum Gasteiger partial charge on any atom is -0.384 e. The molecule has 0 aliphatic carbocycles. The fourth-order valence-electron chi connectivity index (χ4n) is 3.96. The van der Waals surface area contributed by atoms with Crippen LogP contribution in [0.4, 0.5) is 14.5 Å². The molecule has 0 saturated heterocycles. The normalized spacial score (nSPS) is 23.4. The molecule has 28 heavy (non-hydrogen) atoms. The van der Waals surface area contributed by atoms with Gasteiger partial charge in [0.2, 0.25) is 5.91 Å². The molecule has 8 heteroatoms. The van der Waals surface area contributed by atoms with E-state index in [9.17, 15) is 13.6 Å². The Balaban J connectivity index is 1.89. The summed E-state index contributed by atoms with van der Waals surface area (Å²) in [6.07, 6.45) is 0.756. The lowest BCUT2D eigenvalue weighted by molar-refractivity contribution is -0.370. The molecule has 2 heterocycles. The van der Waals surface area contributed by atoms with Gasteiger partial charge in [-0.1, -0.05) is 30.0 Å². The number of benzene rings is 2. The van der Waals surface area contributed by atoms with E-state index >= 15 is 0 Å². The van der Waals surface area contributed by atoms with Crippen LogP contribution < -0.4 is 11.1 Å². The number of para-hydroxylation sites is 1. The summed E-state index contributed by atoms with van der Waals surface area (Å²) in [4.78, 5) is 11.8. The topological polar surface area (TPSA) is 72.3 Å². The molecule has 4 N–H and O–H groups in total. The molecule has 2 aliphatic rings. The Bertz CT molecular complexity index is 967. The number of carbonyl (C=O) groups is 1. The monoisotopic (exact) mass is 403 g/mol. The molecule has 0 saturated carbocycles. The zero-order valence-electron chi connectivity index (χ0n) is 15.4. The Morgan fingerprint density at radius 1 is 1.36 bits per heavy atom. The standard InChI is InChI=1S/C20H20F2N4OS/c1-12(27)26-20(28-19(25-26)15-10-14(21)6-7-17(15)22)13(8-9-23)11-24-18-5-3-2-4-16(18)20/h2-7,10,13,24H,8-9,11,23H2,1H3/p+1. The lowest BCUT2D eigenvalue weighted by Crippen LogP contribution is -2.56. The van der Waals surface area contributed by atoms with Gasteiger partial charge in [-0.3, -0.25) is 4.79 Å². The average Bonchev–Trinajstić information content (AvgIpc) is 3.08. The summed E-state index contributed by atoms with van der Waals surface area (Å²) in [5, 5.41) is 9.64. The predicted octanol–water partition coefficient (Wildman–Crippen LogP) is 2.75. The van der Waals surface area contributed by atoms with Crippen molar-refractivity contribution >= 4 is 28.4 Å². The van der Waals surface area contributed by atoms with Crippen LogP contribution in [0.3, 0.4) is 0 Å². The third-order valence-corrected chi connectivity index (χ3v) is 6.70. The second kappa shape index (κ2) is 7.18. The van der Waals surface area contributed by atoms with Crippen LogP contribution in [0.1, 0.15) is 24.5 Å². The maximum absolute atomic E-state index is 14.5. The number of anilines is 1. The number of nitrogens with zero attached hydrogens (tertiary/aromatic N) is 2. The van der Waals surface area contributed by atoms with Crippen molar-refractivity contribution in [2.45, 2.75) is 18.2 Å². The number of hydrazone groups is 1. The quantitative estimate of drug-likeness (QED) is 0.828. The number of rotatable bonds is 3. The summed E-state index contributed by atoms with van der Waals surface area (Å²) >= 11 is 1.32. The number of amides is 1. The van der Waals surface area contributed by atoms with E-state index in [1.165, 1.54) is 23.7 Å². The van der Waals surface area contributed by atoms with E-state index in [4.69, 9.17) is 0 Å². The minimum atomic E-state index is -0.820. The maximum Gasteiger partial charge on any atom is 0.241 e. The predicted molar refractivity (Wildman–Crippen MR) is 105 cm³/mol. The molecule has 1 spiro atoms. The molecule has 146 valence electrons. The molecule has 2 atom stereocenters. The first-order valence-electron chi connectivity index (χ1n) is 9.14. The van der Waals surface area contributed by atoms with Crippen molar-refractivity contribution in [1.82, 2.24) is 5.01 Å².